The third-order valence-corrected chi connectivity index (χ3v) is 4.68. The van der Waals surface area contributed by atoms with Gasteiger partial charge in [0, 0.05) is 11.8 Å². The van der Waals surface area contributed by atoms with Gasteiger partial charge in [0.15, 0.2) is 11.5 Å². The second-order valence-corrected chi connectivity index (χ2v) is 7.19. The van der Waals surface area contributed by atoms with E-state index in [4.69, 9.17) is 4.74 Å². The van der Waals surface area contributed by atoms with E-state index >= 15 is 0 Å². The van der Waals surface area contributed by atoms with Gasteiger partial charge in [-0.2, -0.15) is 0 Å². The molecule has 0 fully saturated rings. The Morgan fingerprint density at radius 3 is 2.15 bits per heavy atom. The maximum absolute atomic E-state index is 5.25. The molecule has 4 nitrogen and oxygen atoms in total. The number of ether oxygens (including phenoxy) is 1. The lowest BCUT2D eigenvalue weighted by atomic mass is 10.0. The van der Waals surface area contributed by atoms with Gasteiger partial charge in [-0.15, -0.1) is 10.2 Å². The lowest BCUT2D eigenvalue weighted by molar-refractivity contribution is 0.415. The van der Waals surface area contributed by atoms with E-state index in [1.54, 1.807) is 7.11 Å². The molecule has 4 aromatic rings. The molecule has 4 rings (SSSR count). The molecule has 0 unspecified atom stereocenters. The minimum absolute atomic E-state index is 0.650. The first-order valence-electron chi connectivity index (χ1n) is 9.22. The summed E-state index contributed by atoms with van der Waals surface area (Å²) in [4.78, 5) is 0. The summed E-state index contributed by atoms with van der Waals surface area (Å²) in [6, 6.07) is 20.8. The first-order chi connectivity index (χ1) is 13.1. The van der Waals surface area contributed by atoms with E-state index in [2.05, 4.69) is 77.1 Å². The summed E-state index contributed by atoms with van der Waals surface area (Å²) in [6.07, 6.45) is 3.18. The van der Waals surface area contributed by atoms with Crippen molar-refractivity contribution in [3.8, 4) is 28.3 Å². The van der Waals surface area contributed by atoms with Crippen LogP contribution in [0.1, 0.15) is 19.4 Å². The zero-order chi connectivity index (χ0) is 18.8. The van der Waals surface area contributed by atoms with E-state index in [-0.39, 0.29) is 0 Å². The molecule has 0 N–H and O–H groups in total. The number of nitrogens with zero attached hydrogens (tertiary/aromatic N) is 3. The molecule has 0 saturated heterocycles. The third-order valence-electron chi connectivity index (χ3n) is 4.68. The highest BCUT2D eigenvalue weighted by Crippen LogP contribution is 2.25. The molecule has 0 spiro atoms. The van der Waals surface area contributed by atoms with E-state index in [0.29, 0.717) is 5.92 Å². The lowest BCUT2D eigenvalue weighted by Gasteiger charge is -2.07. The van der Waals surface area contributed by atoms with Gasteiger partial charge in [0.2, 0.25) is 0 Å². The number of pyridine rings is 1. The standard InChI is InChI=1S/C23H23N3O/c1-16(2)14-17-4-6-19(7-5-17)23-25-24-22-13-10-20(15-26(22)23)18-8-11-21(27-3)12-9-18/h4-13,15-16H,14H2,1-3H3. The van der Waals surface area contributed by atoms with Crippen molar-refractivity contribution in [3.05, 3.63) is 72.4 Å². The molecule has 0 saturated carbocycles. The molecule has 0 aliphatic rings. The highest BCUT2D eigenvalue weighted by molar-refractivity contribution is 5.68. The zero-order valence-corrected chi connectivity index (χ0v) is 15.9. The largest absolute Gasteiger partial charge is 0.497 e. The molecule has 0 atom stereocenters. The van der Waals surface area contributed by atoms with Crippen LogP contribution in [-0.2, 0) is 6.42 Å². The van der Waals surface area contributed by atoms with Crippen LogP contribution < -0.4 is 4.74 Å². The Bertz CT molecular complexity index is 1050. The second kappa shape index (κ2) is 7.23. The van der Waals surface area contributed by atoms with Crippen molar-refractivity contribution in [2.24, 2.45) is 5.92 Å². The van der Waals surface area contributed by atoms with E-state index in [9.17, 15) is 0 Å². The Labute approximate surface area is 159 Å². The van der Waals surface area contributed by atoms with Crippen molar-refractivity contribution in [2.45, 2.75) is 20.3 Å². The van der Waals surface area contributed by atoms with Crippen LogP contribution in [0.15, 0.2) is 66.9 Å². The molecule has 2 heterocycles. The maximum Gasteiger partial charge on any atom is 0.168 e. The van der Waals surface area contributed by atoms with Crippen LogP contribution in [0.4, 0.5) is 0 Å². The molecule has 0 aliphatic carbocycles. The molecule has 0 aliphatic heterocycles. The topological polar surface area (TPSA) is 39.4 Å². The number of hydrogen-bond acceptors (Lipinski definition) is 3. The zero-order valence-electron chi connectivity index (χ0n) is 15.9. The number of methoxy groups -OCH3 is 1. The fourth-order valence-corrected chi connectivity index (χ4v) is 3.30. The summed E-state index contributed by atoms with van der Waals surface area (Å²) in [5.74, 6) is 2.36. The molecule has 136 valence electrons. The summed E-state index contributed by atoms with van der Waals surface area (Å²) in [5.41, 5.74) is 5.50. The highest BCUT2D eigenvalue weighted by atomic mass is 16.5. The van der Waals surface area contributed by atoms with Gasteiger partial charge in [-0.3, -0.25) is 4.40 Å². The Morgan fingerprint density at radius 1 is 0.815 bits per heavy atom. The molecule has 2 aromatic heterocycles. The smallest absolute Gasteiger partial charge is 0.168 e. The van der Waals surface area contributed by atoms with Crippen molar-refractivity contribution in [1.82, 2.24) is 14.6 Å². The molecular formula is C23H23N3O. The SMILES string of the molecule is COc1ccc(-c2ccc3nnc(-c4ccc(CC(C)C)cc4)n3c2)cc1. The first kappa shape index (κ1) is 17.3. The number of fused-ring (bicyclic) bond motifs is 1. The van der Waals surface area contributed by atoms with Crippen LogP contribution in [0.2, 0.25) is 0 Å². The summed E-state index contributed by atoms with van der Waals surface area (Å²) < 4.78 is 7.30. The Hall–Kier alpha value is -3.14. The average Bonchev–Trinajstić information content (AvgIpc) is 3.11. The van der Waals surface area contributed by atoms with Crippen molar-refractivity contribution in [2.75, 3.05) is 7.11 Å². The van der Waals surface area contributed by atoms with E-state index < -0.39 is 0 Å². The van der Waals surface area contributed by atoms with Gasteiger partial charge in [-0.05, 0) is 53.3 Å². The van der Waals surface area contributed by atoms with Crippen LogP contribution in [0.3, 0.4) is 0 Å². The van der Waals surface area contributed by atoms with Crippen LogP contribution >= 0.6 is 0 Å². The van der Waals surface area contributed by atoms with Crippen molar-refractivity contribution < 1.29 is 4.74 Å². The Morgan fingerprint density at radius 2 is 1.48 bits per heavy atom. The summed E-state index contributed by atoms with van der Waals surface area (Å²) in [5, 5.41) is 8.73. The van der Waals surface area contributed by atoms with Gasteiger partial charge in [0.05, 0.1) is 7.11 Å². The van der Waals surface area contributed by atoms with Crippen molar-refractivity contribution in [3.63, 3.8) is 0 Å². The Kier molecular flexibility index (Phi) is 4.63. The van der Waals surface area contributed by atoms with E-state index in [1.165, 1.54) is 5.56 Å². The highest BCUT2D eigenvalue weighted by Gasteiger charge is 2.10. The lowest BCUT2D eigenvalue weighted by Crippen LogP contribution is -1.95. The summed E-state index contributed by atoms with van der Waals surface area (Å²) >= 11 is 0. The van der Waals surface area contributed by atoms with Crippen LogP contribution in [0, 0.1) is 5.92 Å². The predicted octanol–water partition coefficient (Wildman–Crippen LogP) is 5.27. The fourth-order valence-electron chi connectivity index (χ4n) is 3.30. The van der Waals surface area contributed by atoms with Gasteiger partial charge in [-0.25, -0.2) is 0 Å². The van der Waals surface area contributed by atoms with Crippen LogP contribution in [0.5, 0.6) is 5.75 Å². The number of aromatic nitrogens is 3. The number of rotatable bonds is 5. The maximum atomic E-state index is 5.25. The van der Waals surface area contributed by atoms with Gasteiger partial charge < -0.3 is 4.74 Å². The van der Waals surface area contributed by atoms with E-state index in [1.807, 2.05) is 18.2 Å². The fraction of sp³-hybridized carbons (Fsp3) is 0.217. The van der Waals surface area contributed by atoms with Crippen molar-refractivity contribution in [1.29, 1.82) is 0 Å². The summed E-state index contributed by atoms with van der Waals surface area (Å²) in [6.45, 7) is 4.47. The first-order valence-corrected chi connectivity index (χ1v) is 9.22. The minimum atomic E-state index is 0.650. The molecule has 4 heteroatoms. The van der Waals surface area contributed by atoms with Crippen LogP contribution in [0.25, 0.3) is 28.2 Å². The van der Waals surface area contributed by atoms with Gasteiger partial charge in [-0.1, -0.05) is 50.2 Å². The average molecular weight is 357 g/mol. The molecule has 0 bridgehead atoms. The minimum Gasteiger partial charge on any atom is -0.497 e. The monoisotopic (exact) mass is 357 g/mol. The predicted molar refractivity (Wildman–Crippen MR) is 109 cm³/mol. The number of benzene rings is 2. The summed E-state index contributed by atoms with van der Waals surface area (Å²) in [7, 11) is 1.68. The second-order valence-electron chi connectivity index (χ2n) is 7.19. The number of hydrogen-bond donors (Lipinski definition) is 0. The van der Waals surface area contributed by atoms with Crippen molar-refractivity contribution >= 4 is 5.65 Å². The van der Waals surface area contributed by atoms with Gasteiger partial charge in [0.25, 0.3) is 0 Å². The normalized spacial score (nSPS) is 11.3. The Balaban J connectivity index is 1.71. The molecule has 0 radical (unpaired) electrons. The van der Waals surface area contributed by atoms with Gasteiger partial charge >= 0.3 is 0 Å². The molecule has 27 heavy (non-hydrogen) atoms. The molecule has 0 amide bonds. The third kappa shape index (κ3) is 3.56. The van der Waals surface area contributed by atoms with E-state index in [0.717, 1.165) is 40.3 Å². The quantitative estimate of drug-likeness (QED) is 0.488. The van der Waals surface area contributed by atoms with Crippen LogP contribution in [-0.4, -0.2) is 21.7 Å². The molecule has 2 aromatic carbocycles. The molecular weight excluding hydrogens is 334 g/mol. The van der Waals surface area contributed by atoms with Gasteiger partial charge in [0.1, 0.15) is 5.75 Å².